The van der Waals surface area contributed by atoms with E-state index in [1.807, 2.05) is 0 Å². The second-order valence-corrected chi connectivity index (χ2v) is 5.47. The molecular formula is C16H22O11. The quantitative estimate of drug-likeness (QED) is 0.304. The molecule has 0 aliphatic rings. The Hall–Kier alpha value is -2.98. The molecule has 0 unspecified atom stereocenters. The van der Waals surface area contributed by atoms with Crippen LogP contribution in [0.5, 0.6) is 0 Å². The monoisotopic (exact) mass is 390 g/mol. The van der Waals surface area contributed by atoms with Crippen molar-refractivity contribution >= 4 is 35.6 Å². The highest BCUT2D eigenvalue weighted by atomic mass is 16.6. The molecule has 0 aromatic rings. The summed E-state index contributed by atoms with van der Waals surface area (Å²) < 4.78 is 14.5. The standard InChI is InChI=1S/C16H22O11/c1-10(17)2-5-16(24)27-11(8-25-14(22)6-3-12(18)19)9-26-15(23)7-4-13(20)21/h11H,2-9H2,1H3,(H,18,19)(H,20,21). The number of carbonyl (C=O) groups is 6. The average Bonchev–Trinajstić information content (AvgIpc) is 2.58. The fourth-order valence-corrected chi connectivity index (χ4v) is 1.57. The van der Waals surface area contributed by atoms with E-state index < -0.39 is 74.8 Å². The summed E-state index contributed by atoms with van der Waals surface area (Å²) in [5.74, 6) is -5.08. The van der Waals surface area contributed by atoms with Crippen molar-refractivity contribution in [2.45, 2.75) is 51.6 Å². The number of aliphatic carboxylic acids is 2. The molecule has 0 aromatic heterocycles. The second-order valence-electron chi connectivity index (χ2n) is 5.47. The largest absolute Gasteiger partial charge is 0.481 e. The summed E-state index contributed by atoms with van der Waals surface area (Å²) in [6.45, 7) is 0.312. The van der Waals surface area contributed by atoms with Gasteiger partial charge < -0.3 is 29.2 Å². The highest BCUT2D eigenvalue weighted by Gasteiger charge is 2.20. The number of hydrogen-bond donors (Lipinski definition) is 2. The van der Waals surface area contributed by atoms with Crippen molar-refractivity contribution in [1.29, 1.82) is 0 Å². The molecule has 0 bridgehead atoms. The van der Waals surface area contributed by atoms with E-state index >= 15 is 0 Å². The zero-order chi connectivity index (χ0) is 20.8. The summed E-state index contributed by atoms with van der Waals surface area (Å²) in [7, 11) is 0. The van der Waals surface area contributed by atoms with Crippen LogP contribution < -0.4 is 0 Å². The molecule has 0 radical (unpaired) electrons. The maximum Gasteiger partial charge on any atom is 0.306 e. The Morgan fingerprint density at radius 3 is 1.44 bits per heavy atom. The molecule has 11 heteroatoms. The van der Waals surface area contributed by atoms with Crippen LogP contribution in [0.3, 0.4) is 0 Å². The second kappa shape index (κ2) is 13.3. The van der Waals surface area contributed by atoms with Gasteiger partial charge in [0.1, 0.15) is 19.0 Å². The van der Waals surface area contributed by atoms with E-state index in [0.717, 1.165) is 0 Å². The van der Waals surface area contributed by atoms with Crippen molar-refractivity contribution in [2.75, 3.05) is 13.2 Å². The molecule has 0 aromatic carbocycles. The highest BCUT2D eigenvalue weighted by Crippen LogP contribution is 2.04. The van der Waals surface area contributed by atoms with Crippen LogP contribution in [-0.2, 0) is 43.0 Å². The zero-order valence-electron chi connectivity index (χ0n) is 14.8. The molecule has 0 atom stereocenters. The van der Waals surface area contributed by atoms with Crippen LogP contribution in [0.2, 0.25) is 0 Å². The molecule has 0 saturated carbocycles. The fraction of sp³-hybridized carbons (Fsp3) is 0.625. The van der Waals surface area contributed by atoms with Gasteiger partial charge in [-0.3, -0.25) is 24.0 Å². The maximum atomic E-state index is 11.7. The molecule has 27 heavy (non-hydrogen) atoms. The van der Waals surface area contributed by atoms with Crippen molar-refractivity contribution < 1.29 is 53.2 Å². The van der Waals surface area contributed by atoms with E-state index in [1.165, 1.54) is 6.92 Å². The number of carboxylic acid groups (broad SMARTS) is 2. The summed E-state index contributed by atoms with van der Waals surface area (Å²) >= 11 is 0. The lowest BCUT2D eigenvalue weighted by molar-refractivity contribution is -0.167. The minimum atomic E-state index is -1.19. The molecule has 0 amide bonds. The van der Waals surface area contributed by atoms with Gasteiger partial charge >= 0.3 is 29.8 Å². The van der Waals surface area contributed by atoms with E-state index in [-0.39, 0.29) is 18.6 Å². The van der Waals surface area contributed by atoms with E-state index in [4.69, 9.17) is 24.4 Å². The maximum absolute atomic E-state index is 11.7. The van der Waals surface area contributed by atoms with Crippen LogP contribution in [0.1, 0.15) is 45.4 Å². The number of Topliss-reactive ketones (excluding diaryl/α,β-unsaturated/α-hetero) is 1. The number of carboxylic acids is 2. The molecule has 2 N–H and O–H groups in total. The summed E-state index contributed by atoms with van der Waals surface area (Å²) in [5, 5.41) is 17.0. The zero-order valence-corrected chi connectivity index (χ0v) is 14.8. The van der Waals surface area contributed by atoms with Gasteiger partial charge in [-0.05, 0) is 6.92 Å². The third-order valence-electron chi connectivity index (χ3n) is 2.93. The van der Waals surface area contributed by atoms with Crippen LogP contribution >= 0.6 is 0 Å². The van der Waals surface area contributed by atoms with Crippen LogP contribution in [0.25, 0.3) is 0 Å². The van der Waals surface area contributed by atoms with Gasteiger partial charge in [0, 0.05) is 6.42 Å². The first-order valence-electron chi connectivity index (χ1n) is 8.04. The Morgan fingerprint density at radius 1 is 0.667 bits per heavy atom. The first kappa shape index (κ1) is 24.0. The van der Waals surface area contributed by atoms with Gasteiger partial charge in [-0.2, -0.15) is 0 Å². The van der Waals surface area contributed by atoms with Crippen molar-refractivity contribution in [3.63, 3.8) is 0 Å². The minimum Gasteiger partial charge on any atom is -0.481 e. The Kier molecular flexibility index (Phi) is 11.8. The molecule has 0 aliphatic carbocycles. The molecular weight excluding hydrogens is 368 g/mol. The number of hydrogen-bond acceptors (Lipinski definition) is 9. The summed E-state index contributed by atoms with van der Waals surface area (Å²) in [5.41, 5.74) is 0. The lowest BCUT2D eigenvalue weighted by atomic mass is 10.2. The van der Waals surface area contributed by atoms with Crippen LogP contribution in [0.4, 0.5) is 0 Å². The van der Waals surface area contributed by atoms with Crippen molar-refractivity contribution in [3.05, 3.63) is 0 Å². The SMILES string of the molecule is CC(=O)CCC(=O)OC(COC(=O)CCC(=O)O)COC(=O)CCC(=O)O. The topological polar surface area (TPSA) is 171 Å². The molecule has 0 spiro atoms. The predicted molar refractivity (Wildman–Crippen MR) is 85.5 cm³/mol. The highest BCUT2D eigenvalue weighted by molar-refractivity contribution is 5.81. The van der Waals surface area contributed by atoms with Crippen molar-refractivity contribution in [1.82, 2.24) is 0 Å². The normalized spacial score (nSPS) is 10.1. The lowest BCUT2D eigenvalue weighted by Gasteiger charge is -2.18. The molecule has 0 heterocycles. The minimum absolute atomic E-state index is 0.0532. The predicted octanol–water partition coefficient (Wildman–Crippen LogP) is 0.0834. The fourth-order valence-electron chi connectivity index (χ4n) is 1.57. The third kappa shape index (κ3) is 15.0. The van der Waals surface area contributed by atoms with Crippen LogP contribution in [-0.4, -0.2) is 65.2 Å². The van der Waals surface area contributed by atoms with Gasteiger partial charge in [0.2, 0.25) is 0 Å². The first-order valence-corrected chi connectivity index (χ1v) is 8.04. The molecule has 0 rings (SSSR count). The van der Waals surface area contributed by atoms with Crippen LogP contribution in [0, 0.1) is 0 Å². The number of ether oxygens (including phenoxy) is 3. The van der Waals surface area contributed by atoms with E-state index in [9.17, 15) is 28.8 Å². The third-order valence-corrected chi connectivity index (χ3v) is 2.93. The Balaban J connectivity index is 4.54. The average molecular weight is 390 g/mol. The summed E-state index contributed by atoms with van der Waals surface area (Å²) in [6, 6.07) is 0. The van der Waals surface area contributed by atoms with Crippen LogP contribution in [0.15, 0.2) is 0 Å². The van der Waals surface area contributed by atoms with E-state index in [0.29, 0.717) is 0 Å². The Labute approximate surface area is 154 Å². The Morgan fingerprint density at radius 2 is 1.07 bits per heavy atom. The van der Waals surface area contributed by atoms with Gasteiger partial charge in [-0.15, -0.1) is 0 Å². The van der Waals surface area contributed by atoms with Gasteiger partial charge in [0.15, 0.2) is 6.10 Å². The molecule has 0 saturated heterocycles. The van der Waals surface area contributed by atoms with Crippen molar-refractivity contribution in [3.8, 4) is 0 Å². The number of rotatable bonds is 14. The lowest BCUT2D eigenvalue weighted by Crippen LogP contribution is -2.31. The first-order chi connectivity index (χ1) is 12.6. The smallest absolute Gasteiger partial charge is 0.306 e. The van der Waals surface area contributed by atoms with E-state index in [1.54, 1.807) is 0 Å². The number of esters is 3. The van der Waals surface area contributed by atoms with Gasteiger partial charge in [0.25, 0.3) is 0 Å². The molecule has 0 aliphatic heterocycles. The molecule has 152 valence electrons. The summed E-state index contributed by atoms with van der Waals surface area (Å²) in [6.07, 6.45) is -3.10. The molecule has 11 nitrogen and oxygen atoms in total. The van der Waals surface area contributed by atoms with Gasteiger partial charge in [0.05, 0.1) is 32.1 Å². The van der Waals surface area contributed by atoms with Gasteiger partial charge in [-0.1, -0.05) is 0 Å². The molecule has 0 fully saturated rings. The van der Waals surface area contributed by atoms with Crippen molar-refractivity contribution in [2.24, 2.45) is 0 Å². The van der Waals surface area contributed by atoms with Gasteiger partial charge in [-0.25, -0.2) is 0 Å². The summed E-state index contributed by atoms with van der Waals surface area (Å²) in [4.78, 5) is 66.2. The van der Waals surface area contributed by atoms with E-state index in [2.05, 4.69) is 0 Å². The number of ketones is 1. The number of carbonyl (C=O) groups excluding carboxylic acids is 4. The Bertz CT molecular complexity index is 533.